The van der Waals surface area contributed by atoms with Crippen LogP contribution in [0.2, 0.25) is 0 Å². The van der Waals surface area contributed by atoms with E-state index < -0.39 is 0 Å². The highest BCUT2D eigenvalue weighted by atomic mass is 16.5. The summed E-state index contributed by atoms with van der Waals surface area (Å²) in [5.74, 6) is 0.467. The molecule has 5 rings (SSSR count). The highest BCUT2D eigenvalue weighted by Gasteiger charge is 2.14. The van der Waals surface area contributed by atoms with Crippen molar-refractivity contribution in [2.45, 2.75) is 0 Å². The molecule has 1 fully saturated rings. The van der Waals surface area contributed by atoms with Crippen molar-refractivity contribution in [3.05, 3.63) is 65.3 Å². The Bertz CT molecular complexity index is 1280. The van der Waals surface area contributed by atoms with Crippen LogP contribution in [0.15, 0.2) is 59.8 Å². The van der Waals surface area contributed by atoms with Crippen LogP contribution in [0.4, 0.5) is 17.2 Å². The van der Waals surface area contributed by atoms with Gasteiger partial charge in [0.15, 0.2) is 0 Å². The zero-order valence-corrected chi connectivity index (χ0v) is 17.5. The predicted octanol–water partition coefficient (Wildman–Crippen LogP) is 2.97. The maximum Gasteiger partial charge on any atom is 0.316 e. The van der Waals surface area contributed by atoms with E-state index in [0.717, 1.165) is 48.6 Å². The number of aromatic nitrogens is 4. The van der Waals surface area contributed by atoms with Gasteiger partial charge in [-0.3, -0.25) is 4.79 Å². The topological polar surface area (TPSA) is 105 Å². The number of methoxy groups -OCH3 is 1. The van der Waals surface area contributed by atoms with Crippen molar-refractivity contribution < 1.29 is 9.47 Å². The number of H-pyrrole nitrogens is 1. The fourth-order valence-corrected chi connectivity index (χ4v) is 3.72. The van der Waals surface area contributed by atoms with Gasteiger partial charge in [0.2, 0.25) is 0 Å². The molecule has 1 saturated heterocycles. The lowest BCUT2D eigenvalue weighted by Gasteiger charge is -2.28. The first-order chi connectivity index (χ1) is 15.7. The molecule has 0 spiro atoms. The number of rotatable bonds is 5. The molecule has 0 unspecified atom stereocenters. The van der Waals surface area contributed by atoms with E-state index in [-0.39, 0.29) is 11.6 Å². The van der Waals surface area contributed by atoms with Crippen LogP contribution in [-0.2, 0) is 4.74 Å². The first-order valence-corrected chi connectivity index (χ1v) is 10.3. The molecule has 0 saturated carbocycles. The van der Waals surface area contributed by atoms with Gasteiger partial charge in [0.1, 0.15) is 5.82 Å². The van der Waals surface area contributed by atoms with E-state index in [2.05, 4.69) is 37.3 Å². The van der Waals surface area contributed by atoms with E-state index in [4.69, 9.17) is 14.5 Å². The summed E-state index contributed by atoms with van der Waals surface area (Å²) < 4.78 is 10.5. The van der Waals surface area contributed by atoms with Crippen LogP contribution < -0.4 is 20.5 Å². The third-order valence-corrected chi connectivity index (χ3v) is 5.37. The zero-order chi connectivity index (χ0) is 21.9. The molecule has 162 valence electrons. The lowest BCUT2D eigenvalue weighted by Crippen LogP contribution is -2.36. The van der Waals surface area contributed by atoms with Crippen molar-refractivity contribution in [3.8, 4) is 17.3 Å². The van der Waals surface area contributed by atoms with Crippen LogP contribution in [-0.4, -0.2) is 53.3 Å². The first kappa shape index (κ1) is 20.0. The van der Waals surface area contributed by atoms with Crippen molar-refractivity contribution in [2.24, 2.45) is 0 Å². The maximum absolute atomic E-state index is 12.6. The van der Waals surface area contributed by atoms with Crippen molar-refractivity contribution in [1.29, 1.82) is 0 Å². The van der Waals surface area contributed by atoms with Gasteiger partial charge in [0.05, 0.1) is 31.4 Å². The molecule has 0 amide bonds. The molecule has 32 heavy (non-hydrogen) atoms. The van der Waals surface area contributed by atoms with Crippen LogP contribution in [0.5, 0.6) is 6.01 Å². The Morgan fingerprint density at radius 3 is 2.56 bits per heavy atom. The molecule has 9 heteroatoms. The smallest absolute Gasteiger partial charge is 0.316 e. The average molecular weight is 430 g/mol. The molecule has 3 aromatic heterocycles. The van der Waals surface area contributed by atoms with Gasteiger partial charge in [-0.2, -0.15) is 0 Å². The minimum atomic E-state index is -0.208. The largest absolute Gasteiger partial charge is 0.467 e. The van der Waals surface area contributed by atoms with Crippen molar-refractivity contribution in [1.82, 2.24) is 19.9 Å². The van der Waals surface area contributed by atoms with Gasteiger partial charge in [-0.05, 0) is 41.8 Å². The van der Waals surface area contributed by atoms with E-state index in [1.165, 1.54) is 7.11 Å². The second kappa shape index (κ2) is 8.64. The number of benzene rings is 1. The summed E-state index contributed by atoms with van der Waals surface area (Å²) in [6, 6.07) is 12.1. The summed E-state index contributed by atoms with van der Waals surface area (Å²) in [5, 5.41) is 4.57. The number of pyridine rings is 2. The van der Waals surface area contributed by atoms with E-state index in [9.17, 15) is 4.79 Å². The maximum atomic E-state index is 12.6. The Morgan fingerprint density at radius 1 is 1.09 bits per heavy atom. The molecule has 9 nitrogen and oxygen atoms in total. The number of ether oxygens (including phenoxy) is 2. The van der Waals surface area contributed by atoms with E-state index in [1.54, 1.807) is 18.6 Å². The Hall–Kier alpha value is -3.98. The van der Waals surface area contributed by atoms with Gasteiger partial charge in [-0.15, -0.1) is 0 Å². The summed E-state index contributed by atoms with van der Waals surface area (Å²) in [7, 11) is 1.52. The van der Waals surface area contributed by atoms with Gasteiger partial charge in [-0.25, -0.2) is 15.0 Å². The number of anilines is 3. The van der Waals surface area contributed by atoms with Crippen LogP contribution in [0.1, 0.15) is 0 Å². The molecule has 0 radical (unpaired) electrons. The van der Waals surface area contributed by atoms with E-state index >= 15 is 0 Å². The monoisotopic (exact) mass is 430 g/mol. The highest BCUT2D eigenvalue weighted by molar-refractivity contribution is 5.95. The van der Waals surface area contributed by atoms with Gasteiger partial charge in [0.25, 0.3) is 5.56 Å². The summed E-state index contributed by atoms with van der Waals surface area (Å²) >= 11 is 0. The molecule has 4 heterocycles. The molecule has 0 bridgehead atoms. The fourth-order valence-electron chi connectivity index (χ4n) is 3.72. The molecule has 1 aromatic carbocycles. The third kappa shape index (κ3) is 3.97. The zero-order valence-electron chi connectivity index (χ0n) is 17.5. The second-order valence-corrected chi connectivity index (χ2v) is 7.36. The van der Waals surface area contributed by atoms with Gasteiger partial charge in [0, 0.05) is 48.6 Å². The molecule has 1 aliphatic heterocycles. The SMILES string of the molecule is COc1ncc(-c2cc3cc[nH]c(=O)c3c(Nc3ccc(N4CCOCC4)cc3)n2)cn1. The van der Waals surface area contributed by atoms with Crippen LogP contribution in [0, 0.1) is 0 Å². The fraction of sp³-hybridized carbons (Fsp3) is 0.217. The predicted molar refractivity (Wildman–Crippen MR) is 123 cm³/mol. The number of nitrogens with zero attached hydrogens (tertiary/aromatic N) is 4. The number of aromatic amines is 1. The molecular weight excluding hydrogens is 408 g/mol. The van der Waals surface area contributed by atoms with Crippen LogP contribution in [0.25, 0.3) is 22.0 Å². The summed E-state index contributed by atoms with van der Waals surface area (Å²) in [4.78, 5) is 30.6. The van der Waals surface area contributed by atoms with Crippen molar-refractivity contribution >= 4 is 28.0 Å². The van der Waals surface area contributed by atoms with Crippen molar-refractivity contribution in [2.75, 3.05) is 43.6 Å². The van der Waals surface area contributed by atoms with E-state index in [0.29, 0.717) is 16.9 Å². The normalized spacial score (nSPS) is 13.8. The number of hydrogen-bond donors (Lipinski definition) is 2. The minimum absolute atomic E-state index is 0.208. The molecule has 0 aliphatic carbocycles. The number of hydrogen-bond acceptors (Lipinski definition) is 8. The van der Waals surface area contributed by atoms with Crippen LogP contribution >= 0.6 is 0 Å². The molecule has 2 N–H and O–H groups in total. The number of nitrogens with one attached hydrogen (secondary N) is 2. The average Bonchev–Trinajstić information content (AvgIpc) is 2.85. The Balaban J connectivity index is 1.51. The lowest BCUT2D eigenvalue weighted by molar-refractivity contribution is 0.122. The Kier molecular flexibility index (Phi) is 5.39. The van der Waals surface area contributed by atoms with Gasteiger partial charge >= 0.3 is 6.01 Å². The van der Waals surface area contributed by atoms with Gasteiger partial charge in [-0.1, -0.05) is 0 Å². The molecular formula is C23H22N6O3. The van der Waals surface area contributed by atoms with E-state index in [1.807, 2.05) is 24.3 Å². The molecule has 0 atom stereocenters. The Morgan fingerprint density at radius 2 is 1.84 bits per heavy atom. The van der Waals surface area contributed by atoms with Crippen molar-refractivity contribution in [3.63, 3.8) is 0 Å². The standard InChI is InChI=1S/C23H22N6O3/c1-31-23-25-13-16(14-26-23)19-12-15-6-7-24-22(30)20(15)21(28-19)27-17-2-4-18(5-3-17)29-8-10-32-11-9-29/h2-7,12-14H,8-11H2,1H3,(H,24,30)(H,27,28). The molecule has 1 aliphatic rings. The first-order valence-electron chi connectivity index (χ1n) is 10.3. The number of morpholine rings is 1. The van der Waals surface area contributed by atoms with Crippen LogP contribution in [0.3, 0.4) is 0 Å². The summed E-state index contributed by atoms with van der Waals surface area (Å²) in [5.41, 5.74) is 3.14. The Labute approximate surface area is 184 Å². The quantitative estimate of drug-likeness (QED) is 0.498. The minimum Gasteiger partial charge on any atom is -0.467 e. The molecule has 4 aromatic rings. The summed E-state index contributed by atoms with van der Waals surface area (Å²) in [6.45, 7) is 3.22. The second-order valence-electron chi connectivity index (χ2n) is 7.36. The lowest BCUT2D eigenvalue weighted by atomic mass is 10.1. The number of fused-ring (bicyclic) bond motifs is 1. The third-order valence-electron chi connectivity index (χ3n) is 5.37. The highest BCUT2D eigenvalue weighted by Crippen LogP contribution is 2.28. The summed E-state index contributed by atoms with van der Waals surface area (Å²) in [6.07, 6.45) is 4.92. The van der Waals surface area contributed by atoms with Gasteiger partial charge < -0.3 is 24.7 Å².